The SMILES string of the molecule is C[C@@H]1COCCN1C1CC(=O)NC(N2CCN(C(=O)C3CCCO3)C[C@H]2C(F)(F)F)C1. The Hall–Kier alpha value is -1.43. The predicted octanol–water partition coefficient (Wildman–Crippen LogP) is 0.566. The fourth-order valence-electron chi connectivity index (χ4n) is 5.25. The Morgan fingerprint density at radius 1 is 1.16 bits per heavy atom. The molecule has 0 spiro atoms. The first kappa shape index (κ1) is 22.8. The Kier molecular flexibility index (Phi) is 6.76. The van der Waals surface area contributed by atoms with E-state index in [2.05, 4.69) is 10.2 Å². The molecular weight excluding hydrogens is 417 g/mol. The molecule has 4 aliphatic heterocycles. The quantitative estimate of drug-likeness (QED) is 0.681. The molecule has 4 aliphatic rings. The molecule has 4 heterocycles. The van der Waals surface area contributed by atoms with Gasteiger partial charge in [-0.1, -0.05) is 0 Å². The van der Waals surface area contributed by atoms with E-state index in [1.54, 1.807) is 0 Å². The maximum absolute atomic E-state index is 14.0. The second-order valence-corrected chi connectivity index (χ2v) is 8.92. The van der Waals surface area contributed by atoms with Crippen molar-refractivity contribution in [3.8, 4) is 0 Å². The van der Waals surface area contributed by atoms with Crippen molar-refractivity contribution < 1.29 is 32.2 Å². The van der Waals surface area contributed by atoms with Crippen LogP contribution in [-0.4, -0.2) is 109 Å². The molecule has 11 heteroatoms. The topological polar surface area (TPSA) is 74.4 Å². The van der Waals surface area contributed by atoms with Crippen LogP contribution in [0.25, 0.3) is 0 Å². The number of piperidine rings is 1. The number of carbonyl (C=O) groups is 2. The maximum Gasteiger partial charge on any atom is 0.405 e. The highest BCUT2D eigenvalue weighted by atomic mass is 19.4. The van der Waals surface area contributed by atoms with Crippen LogP contribution < -0.4 is 5.32 Å². The third kappa shape index (κ3) is 4.99. The highest BCUT2D eigenvalue weighted by Gasteiger charge is 2.51. The summed E-state index contributed by atoms with van der Waals surface area (Å²) in [5.41, 5.74) is 0. The van der Waals surface area contributed by atoms with Gasteiger partial charge in [0.05, 0.1) is 19.4 Å². The molecule has 3 unspecified atom stereocenters. The van der Waals surface area contributed by atoms with Crippen molar-refractivity contribution in [1.29, 1.82) is 0 Å². The molecular formula is C20H31F3N4O4. The van der Waals surface area contributed by atoms with Crippen molar-refractivity contribution in [2.45, 2.75) is 69.2 Å². The Balaban J connectivity index is 1.47. The zero-order valence-electron chi connectivity index (χ0n) is 17.8. The van der Waals surface area contributed by atoms with E-state index in [0.717, 1.165) is 6.42 Å². The van der Waals surface area contributed by atoms with Gasteiger partial charge in [-0.3, -0.25) is 19.4 Å². The highest BCUT2D eigenvalue weighted by molar-refractivity contribution is 5.81. The van der Waals surface area contributed by atoms with Crippen LogP contribution in [0.15, 0.2) is 0 Å². The second kappa shape index (κ2) is 9.21. The average Bonchev–Trinajstić information content (AvgIpc) is 3.27. The van der Waals surface area contributed by atoms with E-state index in [0.29, 0.717) is 39.2 Å². The molecule has 5 atom stereocenters. The monoisotopic (exact) mass is 448 g/mol. The molecule has 4 rings (SSSR count). The number of nitrogens with zero attached hydrogens (tertiary/aromatic N) is 3. The summed E-state index contributed by atoms with van der Waals surface area (Å²) in [5, 5.41) is 2.77. The minimum atomic E-state index is -4.51. The van der Waals surface area contributed by atoms with Crippen LogP contribution >= 0.6 is 0 Å². The van der Waals surface area contributed by atoms with Crippen LogP contribution in [0.4, 0.5) is 13.2 Å². The number of ether oxygens (including phenoxy) is 2. The smallest absolute Gasteiger partial charge is 0.379 e. The molecule has 31 heavy (non-hydrogen) atoms. The van der Waals surface area contributed by atoms with Crippen molar-refractivity contribution >= 4 is 11.8 Å². The van der Waals surface area contributed by atoms with E-state index in [9.17, 15) is 22.8 Å². The van der Waals surface area contributed by atoms with E-state index in [4.69, 9.17) is 9.47 Å². The third-order valence-corrected chi connectivity index (χ3v) is 6.85. The fraction of sp³-hybridized carbons (Fsp3) is 0.900. The zero-order valence-corrected chi connectivity index (χ0v) is 17.8. The Labute approximate surface area is 180 Å². The lowest BCUT2D eigenvalue weighted by Gasteiger charge is -2.49. The molecule has 0 bridgehead atoms. The number of nitrogens with one attached hydrogen (secondary N) is 1. The first-order chi connectivity index (χ1) is 14.7. The van der Waals surface area contributed by atoms with Crippen molar-refractivity contribution in [2.75, 3.05) is 46.0 Å². The van der Waals surface area contributed by atoms with Crippen LogP contribution in [0.5, 0.6) is 0 Å². The molecule has 0 saturated carbocycles. The van der Waals surface area contributed by atoms with E-state index < -0.39 is 31.0 Å². The lowest BCUT2D eigenvalue weighted by Crippen LogP contribution is -2.68. The minimum Gasteiger partial charge on any atom is -0.379 e. The molecule has 4 fully saturated rings. The fourth-order valence-corrected chi connectivity index (χ4v) is 5.25. The highest BCUT2D eigenvalue weighted by Crippen LogP contribution is 2.32. The molecule has 0 aromatic heterocycles. The van der Waals surface area contributed by atoms with E-state index in [-0.39, 0.29) is 43.4 Å². The summed E-state index contributed by atoms with van der Waals surface area (Å²) in [7, 11) is 0. The van der Waals surface area contributed by atoms with Crippen LogP contribution in [0.2, 0.25) is 0 Å². The molecule has 0 aromatic carbocycles. The first-order valence-electron chi connectivity index (χ1n) is 11.1. The van der Waals surface area contributed by atoms with Gasteiger partial charge in [-0.15, -0.1) is 0 Å². The summed E-state index contributed by atoms with van der Waals surface area (Å²) in [6.07, 6.45) is -3.88. The molecule has 0 aromatic rings. The Morgan fingerprint density at radius 3 is 2.65 bits per heavy atom. The van der Waals surface area contributed by atoms with Crippen LogP contribution in [-0.2, 0) is 19.1 Å². The lowest BCUT2D eigenvalue weighted by molar-refractivity contribution is -0.210. The number of hydrogen-bond donors (Lipinski definition) is 1. The molecule has 2 amide bonds. The summed E-state index contributed by atoms with van der Waals surface area (Å²) in [5.74, 6) is -0.599. The van der Waals surface area contributed by atoms with Crippen molar-refractivity contribution in [3.63, 3.8) is 0 Å². The molecule has 176 valence electrons. The summed E-state index contributed by atoms with van der Waals surface area (Å²) < 4.78 is 52.9. The lowest BCUT2D eigenvalue weighted by atomic mass is 9.96. The van der Waals surface area contributed by atoms with Gasteiger partial charge in [0.2, 0.25) is 5.91 Å². The number of rotatable bonds is 3. The molecule has 4 saturated heterocycles. The third-order valence-electron chi connectivity index (χ3n) is 6.85. The number of hydrogen-bond acceptors (Lipinski definition) is 6. The Morgan fingerprint density at radius 2 is 1.97 bits per heavy atom. The van der Waals surface area contributed by atoms with Gasteiger partial charge >= 0.3 is 6.18 Å². The summed E-state index contributed by atoms with van der Waals surface area (Å²) in [6, 6.07) is -1.83. The summed E-state index contributed by atoms with van der Waals surface area (Å²) >= 11 is 0. The minimum absolute atomic E-state index is 0.0545. The van der Waals surface area contributed by atoms with E-state index in [1.807, 2.05) is 6.92 Å². The Bertz CT molecular complexity index is 673. The van der Waals surface area contributed by atoms with Crippen LogP contribution in [0.3, 0.4) is 0 Å². The standard InChI is InChI=1S/C20H31F3N4O4/c1-13-12-30-8-6-26(13)14-9-17(24-18(28)10-14)27-5-4-25(11-16(27)20(21,22)23)19(29)15-3-2-7-31-15/h13-17H,2-12H2,1H3,(H,24,28)/t13-,14?,15?,16+,17?/m1/s1. The van der Waals surface area contributed by atoms with E-state index in [1.165, 1.54) is 9.80 Å². The molecule has 1 N–H and O–H groups in total. The number of amides is 2. The van der Waals surface area contributed by atoms with Gasteiger partial charge in [0.1, 0.15) is 12.1 Å². The summed E-state index contributed by atoms with van der Waals surface area (Å²) in [4.78, 5) is 29.8. The van der Waals surface area contributed by atoms with E-state index >= 15 is 0 Å². The molecule has 8 nitrogen and oxygen atoms in total. The summed E-state index contributed by atoms with van der Waals surface area (Å²) in [6.45, 7) is 4.06. The number of carbonyl (C=O) groups excluding carboxylic acids is 2. The van der Waals surface area contributed by atoms with Crippen LogP contribution in [0, 0.1) is 0 Å². The number of halogens is 3. The van der Waals surface area contributed by atoms with Crippen molar-refractivity contribution in [1.82, 2.24) is 20.0 Å². The van der Waals surface area contributed by atoms with Gasteiger partial charge in [-0.25, -0.2) is 0 Å². The van der Waals surface area contributed by atoms with Crippen molar-refractivity contribution in [3.05, 3.63) is 0 Å². The second-order valence-electron chi connectivity index (χ2n) is 8.92. The van der Waals surface area contributed by atoms with Crippen molar-refractivity contribution in [2.24, 2.45) is 0 Å². The number of alkyl halides is 3. The first-order valence-corrected chi connectivity index (χ1v) is 11.1. The number of morpholine rings is 1. The largest absolute Gasteiger partial charge is 0.405 e. The van der Waals surface area contributed by atoms with Gasteiger partial charge in [-0.2, -0.15) is 13.2 Å². The normalized spacial score (nSPS) is 36.5. The van der Waals surface area contributed by atoms with Gasteiger partial charge in [0, 0.05) is 51.3 Å². The maximum atomic E-state index is 14.0. The predicted molar refractivity (Wildman–Crippen MR) is 104 cm³/mol. The van der Waals surface area contributed by atoms with Gasteiger partial charge in [0.15, 0.2) is 0 Å². The molecule has 0 aliphatic carbocycles. The van der Waals surface area contributed by atoms with Crippen LogP contribution in [0.1, 0.15) is 32.6 Å². The average molecular weight is 448 g/mol. The zero-order chi connectivity index (χ0) is 22.2. The number of piperazine rings is 1. The van der Waals surface area contributed by atoms with Gasteiger partial charge in [0.25, 0.3) is 5.91 Å². The molecule has 0 radical (unpaired) electrons. The van der Waals surface area contributed by atoms with Gasteiger partial charge in [-0.05, 0) is 26.2 Å². The van der Waals surface area contributed by atoms with Gasteiger partial charge < -0.3 is 19.7 Å².